The lowest BCUT2D eigenvalue weighted by atomic mass is 10.2. The van der Waals surface area contributed by atoms with E-state index in [0.717, 1.165) is 13.1 Å². The van der Waals surface area contributed by atoms with Gasteiger partial charge < -0.3 is 19.3 Å². The molecule has 0 saturated carbocycles. The van der Waals surface area contributed by atoms with E-state index < -0.39 is 5.97 Å². The second-order valence-corrected chi connectivity index (χ2v) is 4.47. The molecule has 1 aromatic rings. The zero-order valence-corrected chi connectivity index (χ0v) is 11.5. The fraction of sp³-hybridized carbons (Fsp3) is 0.500. The maximum Gasteiger partial charge on any atom is 0.341 e. The molecule has 110 valence electrons. The number of benzene rings is 1. The molecule has 0 bridgehead atoms. The van der Waals surface area contributed by atoms with Gasteiger partial charge in [-0.25, -0.2) is 4.79 Å². The largest absolute Gasteiger partial charge is 0.507 e. The van der Waals surface area contributed by atoms with Crippen molar-refractivity contribution >= 4 is 5.97 Å². The first-order chi connectivity index (χ1) is 9.70. The Morgan fingerprint density at radius 2 is 2.15 bits per heavy atom. The Bertz CT molecular complexity index is 457. The lowest BCUT2D eigenvalue weighted by molar-refractivity contribution is 0.0194. The number of phenols is 1. The second-order valence-electron chi connectivity index (χ2n) is 4.47. The van der Waals surface area contributed by atoms with Crippen LogP contribution in [0, 0.1) is 0 Å². The highest BCUT2D eigenvalue weighted by Gasteiger charge is 2.15. The van der Waals surface area contributed by atoms with E-state index in [1.54, 1.807) is 6.07 Å². The fourth-order valence-electron chi connectivity index (χ4n) is 1.98. The average Bonchev–Trinajstić information content (AvgIpc) is 2.48. The van der Waals surface area contributed by atoms with Gasteiger partial charge in [-0.2, -0.15) is 0 Å². The molecule has 1 aliphatic heterocycles. The van der Waals surface area contributed by atoms with Crippen LogP contribution >= 0.6 is 0 Å². The first-order valence-electron chi connectivity index (χ1n) is 6.55. The monoisotopic (exact) mass is 281 g/mol. The third-order valence-electron chi connectivity index (χ3n) is 3.17. The highest BCUT2D eigenvalue weighted by Crippen LogP contribution is 2.23. The van der Waals surface area contributed by atoms with Gasteiger partial charge in [-0.1, -0.05) is 0 Å². The Hall–Kier alpha value is -1.79. The lowest BCUT2D eigenvalue weighted by Gasteiger charge is -2.26. The van der Waals surface area contributed by atoms with Gasteiger partial charge in [-0.05, 0) is 12.1 Å². The van der Waals surface area contributed by atoms with E-state index in [4.69, 9.17) is 14.2 Å². The van der Waals surface area contributed by atoms with Crippen molar-refractivity contribution in [3.8, 4) is 11.5 Å². The van der Waals surface area contributed by atoms with Gasteiger partial charge in [0.15, 0.2) is 0 Å². The molecule has 1 aliphatic rings. The van der Waals surface area contributed by atoms with Crippen molar-refractivity contribution in [1.82, 2.24) is 4.90 Å². The molecule has 0 spiro atoms. The number of ether oxygens (including phenoxy) is 3. The van der Waals surface area contributed by atoms with E-state index in [0.29, 0.717) is 32.1 Å². The maximum atomic E-state index is 11.8. The van der Waals surface area contributed by atoms with Crippen molar-refractivity contribution < 1.29 is 24.1 Å². The Kier molecular flexibility index (Phi) is 5.20. The molecule has 1 N–H and O–H groups in total. The van der Waals surface area contributed by atoms with Crippen LogP contribution in [0.4, 0.5) is 0 Å². The first-order valence-corrected chi connectivity index (χ1v) is 6.55. The number of hydrogen-bond acceptors (Lipinski definition) is 6. The van der Waals surface area contributed by atoms with Crippen LogP contribution < -0.4 is 4.74 Å². The number of morpholine rings is 1. The van der Waals surface area contributed by atoms with Crippen molar-refractivity contribution in [2.24, 2.45) is 0 Å². The summed E-state index contributed by atoms with van der Waals surface area (Å²) in [5.74, 6) is -0.175. The number of hydrogen-bond donors (Lipinski definition) is 1. The number of carbonyl (C=O) groups excluding carboxylic acids is 1. The molecule has 0 amide bonds. The van der Waals surface area contributed by atoms with Crippen LogP contribution in [0.3, 0.4) is 0 Å². The van der Waals surface area contributed by atoms with Crippen molar-refractivity contribution in [3.05, 3.63) is 23.8 Å². The highest BCUT2D eigenvalue weighted by molar-refractivity contribution is 5.92. The number of nitrogens with zero attached hydrogens (tertiary/aromatic N) is 1. The molecule has 0 aromatic heterocycles. The summed E-state index contributed by atoms with van der Waals surface area (Å²) in [7, 11) is 1.50. The van der Waals surface area contributed by atoms with Crippen LogP contribution in [-0.4, -0.2) is 62.5 Å². The Morgan fingerprint density at radius 3 is 2.80 bits per heavy atom. The normalized spacial score (nSPS) is 15.8. The summed E-state index contributed by atoms with van der Waals surface area (Å²) >= 11 is 0. The molecular formula is C14H19NO5. The summed E-state index contributed by atoms with van der Waals surface area (Å²) < 4.78 is 15.4. The molecule has 1 saturated heterocycles. The van der Waals surface area contributed by atoms with Crippen molar-refractivity contribution in [2.75, 3.05) is 46.6 Å². The predicted octanol–water partition coefficient (Wildman–Crippen LogP) is 0.890. The molecule has 0 atom stereocenters. The van der Waals surface area contributed by atoms with Gasteiger partial charge >= 0.3 is 5.97 Å². The van der Waals surface area contributed by atoms with E-state index in [2.05, 4.69) is 4.90 Å². The van der Waals surface area contributed by atoms with E-state index in [9.17, 15) is 9.90 Å². The maximum absolute atomic E-state index is 11.8. The Balaban J connectivity index is 1.82. The van der Waals surface area contributed by atoms with E-state index in [1.165, 1.54) is 19.2 Å². The molecule has 2 rings (SSSR count). The van der Waals surface area contributed by atoms with E-state index >= 15 is 0 Å². The molecule has 1 heterocycles. The van der Waals surface area contributed by atoms with Crippen LogP contribution in [-0.2, 0) is 9.47 Å². The SMILES string of the molecule is COc1ccc(C(=O)OCCN2CCOCC2)c(O)c1. The molecule has 0 aliphatic carbocycles. The zero-order valence-electron chi connectivity index (χ0n) is 11.5. The molecule has 0 radical (unpaired) electrons. The van der Waals surface area contributed by atoms with E-state index in [1.807, 2.05) is 0 Å². The van der Waals surface area contributed by atoms with Gasteiger partial charge in [0.1, 0.15) is 23.7 Å². The summed E-state index contributed by atoms with van der Waals surface area (Å²) in [4.78, 5) is 14.0. The smallest absolute Gasteiger partial charge is 0.341 e. The summed E-state index contributed by atoms with van der Waals surface area (Å²) in [6, 6.07) is 4.49. The van der Waals surface area contributed by atoms with Crippen molar-refractivity contribution in [2.45, 2.75) is 0 Å². The fourth-order valence-corrected chi connectivity index (χ4v) is 1.98. The van der Waals surface area contributed by atoms with Crippen LogP contribution in [0.5, 0.6) is 11.5 Å². The third-order valence-corrected chi connectivity index (χ3v) is 3.17. The number of methoxy groups -OCH3 is 1. The second kappa shape index (κ2) is 7.12. The topological polar surface area (TPSA) is 68.2 Å². The summed E-state index contributed by atoms with van der Waals surface area (Å²) in [5, 5.41) is 9.73. The number of phenolic OH excluding ortho intramolecular Hbond substituents is 1. The molecule has 0 unspecified atom stereocenters. The highest BCUT2D eigenvalue weighted by atomic mass is 16.5. The first kappa shape index (κ1) is 14.6. The minimum Gasteiger partial charge on any atom is -0.507 e. The standard InChI is InChI=1S/C14H19NO5/c1-18-11-2-3-12(13(16)10-11)14(17)20-9-6-15-4-7-19-8-5-15/h2-3,10,16H,4-9H2,1H3. The number of esters is 1. The average molecular weight is 281 g/mol. The van der Waals surface area contributed by atoms with Gasteiger partial charge in [0, 0.05) is 25.7 Å². The molecule has 20 heavy (non-hydrogen) atoms. The minimum atomic E-state index is -0.529. The predicted molar refractivity (Wildman–Crippen MR) is 72.2 cm³/mol. The minimum absolute atomic E-state index is 0.138. The molecule has 1 aromatic carbocycles. The lowest BCUT2D eigenvalue weighted by Crippen LogP contribution is -2.38. The van der Waals surface area contributed by atoms with Gasteiger partial charge in [-0.15, -0.1) is 0 Å². The quantitative estimate of drug-likeness (QED) is 0.808. The number of rotatable bonds is 5. The molecular weight excluding hydrogens is 262 g/mol. The molecule has 1 fully saturated rings. The summed E-state index contributed by atoms with van der Waals surface area (Å²) in [6.45, 7) is 4.10. The van der Waals surface area contributed by atoms with Crippen LogP contribution in [0.15, 0.2) is 18.2 Å². The van der Waals surface area contributed by atoms with Crippen molar-refractivity contribution in [1.29, 1.82) is 0 Å². The number of carbonyl (C=O) groups is 1. The third kappa shape index (κ3) is 3.85. The molecule has 6 heteroatoms. The van der Waals surface area contributed by atoms with Crippen LogP contribution in [0.25, 0.3) is 0 Å². The van der Waals surface area contributed by atoms with Crippen molar-refractivity contribution in [3.63, 3.8) is 0 Å². The van der Waals surface area contributed by atoms with Gasteiger partial charge in [0.25, 0.3) is 0 Å². The summed E-state index contributed by atoms with van der Waals surface area (Å²) in [5.41, 5.74) is 0.146. The van der Waals surface area contributed by atoms with Gasteiger partial charge in [0.2, 0.25) is 0 Å². The van der Waals surface area contributed by atoms with Crippen LogP contribution in [0.2, 0.25) is 0 Å². The number of aromatic hydroxyl groups is 1. The summed E-state index contributed by atoms with van der Waals surface area (Å²) in [6.07, 6.45) is 0. The molecule has 6 nitrogen and oxygen atoms in total. The van der Waals surface area contributed by atoms with E-state index in [-0.39, 0.29) is 11.3 Å². The van der Waals surface area contributed by atoms with Gasteiger partial charge in [0.05, 0.1) is 20.3 Å². The zero-order chi connectivity index (χ0) is 14.4. The van der Waals surface area contributed by atoms with Gasteiger partial charge in [-0.3, -0.25) is 4.90 Å². The van der Waals surface area contributed by atoms with Crippen LogP contribution in [0.1, 0.15) is 10.4 Å². The Labute approximate surface area is 117 Å². The Morgan fingerprint density at radius 1 is 1.40 bits per heavy atom.